The van der Waals surface area contributed by atoms with Crippen LogP contribution in [0, 0.1) is 0 Å². The maximum absolute atomic E-state index is 12.4. The normalized spacial score (nSPS) is 27.6. The highest BCUT2D eigenvalue weighted by Gasteiger charge is 2.57. The molecule has 0 bridgehead atoms. The quantitative estimate of drug-likeness (QED) is 0.678. The molecule has 2 heterocycles. The highest BCUT2D eigenvalue weighted by molar-refractivity contribution is 6.30. The predicted molar refractivity (Wildman–Crippen MR) is 114 cm³/mol. The minimum atomic E-state index is -1.02. The summed E-state index contributed by atoms with van der Waals surface area (Å²) >= 11 is 5.86. The smallest absolute Gasteiger partial charge is 0.251 e. The third-order valence-corrected chi connectivity index (χ3v) is 5.52. The number of benzene rings is 2. The van der Waals surface area contributed by atoms with Gasteiger partial charge in [0.25, 0.3) is 5.91 Å². The molecule has 0 aromatic heterocycles. The fourth-order valence-electron chi connectivity index (χ4n) is 3.79. The summed E-state index contributed by atoms with van der Waals surface area (Å²) in [4.78, 5) is 12.4. The van der Waals surface area contributed by atoms with Crippen molar-refractivity contribution >= 4 is 17.5 Å². The van der Waals surface area contributed by atoms with Crippen molar-refractivity contribution in [1.29, 1.82) is 0 Å². The van der Waals surface area contributed by atoms with E-state index >= 15 is 0 Å². The van der Waals surface area contributed by atoms with E-state index < -0.39 is 36.5 Å². The number of nitrogens with one attached hydrogen (secondary N) is 1. The largest absolute Gasteiger partial charge is 0.388 e. The first-order valence-electron chi connectivity index (χ1n) is 10.2. The maximum atomic E-state index is 12.4. The lowest BCUT2D eigenvalue weighted by molar-refractivity contribution is -0.229. The second kappa shape index (κ2) is 9.24. The van der Waals surface area contributed by atoms with Crippen LogP contribution in [0.3, 0.4) is 0 Å². The molecule has 166 valence electrons. The number of amides is 1. The van der Waals surface area contributed by atoms with Crippen LogP contribution in [-0.4, -0.2) is 54.1 Å². The minimum Gasteiger partial charge on any atom is -0.388 e. The monoisotopic (exact) mass is 447 g/mol. The molecule has 7 nitrogen and oxygen atoms in total. The van der Waals surface area contributed by atoms with Gasteiger partial charge in [0.05, 0.1) is 6.61 Å². The number of rotatable bonds is 7. The van der Waals surface area contributed by atoms with Crippen LogP contribution in [0.4, 0.5) is 0 Å². The van der Waals surface area contributed by atoms with Gasteiger partial charge in [-0.05, 0) is 43.7 Å². The van der Waals surface area contributed by atoms with E-state index in [4.69, 9.17) is 30.5 Å². The highest BCUT2D eigenvalue weighted by Crippen LogP contribution is 2.39. The molecule has 0 saturated carbocycles. The number of fused-ring (bicyclic) bond motifs is 1. The number of aliphatic hydroxyl groups excluding tert-OH is 1. The SMILES string of the molecule is CC1(C)O[C@H]2O[C@H]([C@H](O)CNC(=O)c3ccc(Cl)cc3)[C@H](OCc3ccccc3)[C@H]2O1. The van der Waals surface area contributed by atoms with Gasteiger partial charge in [0, 0.05) is 17.1 Å². The summed E-state index contributed by atoms with van der Waals surface area (Å²) < 4.78 is 23.8. The van der Waals surface area contributed by atoms with Crippen molar-refractivity contribution in [3.63, 3.8) is 0 Å². The molecule has 2 fully saturated rings. The van der Waals surface area contributed by atoms with E-state index in [1.165, 1.54) is 0 Å². The van der Waals surface area contributed by atoms with Gasteiger partial charge in [-0.25, -0.2) is 0 Å². The molecule has 2 saturated heterocycles. The van der Waals surface area contributed by atoms with Crippen LogP contribution >= 0.6 is 11.6 Å². The summed E-state index contributed by atoms with van der Waals surface area (Å²) in [6, 6.07) is 16.2. The number of carbonyl (C=O) groups excluding carboxylic acids is 1. The Hall–Kier alpha value is -2.00. The molecule has 0 aliphatic carbocycles. The van der Waals surface area contributed by atoms with Crippen molar-refractivity contribution in [2.45, 2.75) is 56.9 Å². The summed E-state index contributed by atoms with van der Waals surface area (Å²) in [6.45, 7) is 3.93. The van der Waals surface area contributed by atoms with Gasteiger partial charge < -0.3 is 29.4 Å². The van der Waals surface area contributed by atoms with Crippen LogP contribution < -0.4 is 5.32 Å². The fraction of sp³-hybridized carbons (Fsp3) is 0.435. The van der Waals surface area contributed by atoms with E-state index in [-0.39, 0.29) is 12.5 Å². The van der Waals surface area contributed by atoms with Gasteiger partial charge in [-0.2, -0.15) is 0 Å². The molecular formula is C23H26ClNO6. The molecule has 2 aromatic rings. The lowest BCUT2D eigenvalue weighted by Crippen LogP contribution is -2.47. The Labute approximate surface area is 186 Å². The Morgan fingerprint density at radius 1 is 1.16 bits per heavy atom. The van der Waals surface area contributed by atoms with Crippen molar-refractivity contribution in [2.24, 2.45) is 0 Å². The summed E-state index contributed by atoms with van der Waals surface area (Å²) in [6.07, 6.45) is -3.43. The van der Waals surface area contributed by atoms with Crippen molar-refractivity contribution in [2.75, 3.05) is 6.54 Å². The average Bonchev–Trinajstić information content (AvgIpc) is 3.23. The third-order valence-electron chi connectivity index (χ3n) is 5.27. The molecule has 2 aromatic carbocycles. The van der Waals surface area contributed by atoms with E-state index in [2.05, 4.69) is 5.32 Å². The number of ether oxygens (including phenoxy) is 4. The van der Waals surface area contributed by atoms with Gasteiger partial charge >= 0.3 is 0 Å². The van der Waals surface area contributed by atoms with E-state index in [1.54, 1.807) is 38.1 Å². The van der Waals surface area contributed by atoms with Crippen molar-refractivity contribution in [3.05, 3.63) is 70.7 Å². The Kier molecular flexibility index (Phi) is 6.62. The molecule has 1 amide bonds. The molecule has 4 rings (SSSR count). The lowest BCUT2D eigenvalue weighted by atomic mass is 10.0. The first kappa shape index (κ1) is 22.2. The number of aliphatic hydroxyl groups is 1. The van der Waals surface area contributed by atoms with Crippen LogP contribution in [0.1, 0.15) is 29.8 Å². The van der Waals surface area contributed by atoms with E-state index in [0.717, 1.165) is 5.56 Å². The maximum Gasteiger partial charge on any atom is 0.251 e. The van der Waals surface area contributed by atoms with Crippen molar-refractivity contribution < 1.29 is 28.8 Å². The molecule has 0 spiro atoms. The van der Waals surface area contributed by atoms with Gasteiger partial charge in [0.2, 0.25) is 0 Å². The van der Waals surface area contributed by atoms with Gasteiger partial charge in [0.1, 0.15) is 24.4 Å². The minimum absolute atomic E-state index is 0.0137. The van der Waals surface area contributed by atoms with Gasteiger partial charge in [-0.1, -0.05) is 41.9 Å². The van der Waals surface area contributed by atoms with Crippen molar-refractivity contribution in [3.8, 4) is 0 Å². The number of halogens is 1. The number of hydrogen-bond acceptors (Lipinski definition) is 6. The Morgan fingerprint density at radius 2 is 1.87 bits per heavy atom. The number of carbonyl (C=O) groups is 1. The van der Waals surface area contributed by atoms with E-state index in [9.17, 15) is 9.90 Å². The van der Waals surface area contributed by atoms with Crippen molar-refractivity contribution in [1.82, 2.24) is 5.32 Å². The average molecular weight is 448 g/mol. The predicted octanol–water partition coefficient (Wildman–Crippen LogP) is 2.89. The van der Waals surface area contributed by atoms with E-state index in [0.29, 0.717) is 17.2 Å². The Bertz CT molecular complexity index is 891. The summed E-state index contributed by atoms with van der Waals surface area (Å²) in [5, 5.41) is 14.1. The summed E-state index contributed by atoms with van der Waals surface area (Å²) in [7, 11) is 0. The Balaban J connectivity index is 1.40. The molecule has 2 N–H and O–H groups in total. The molecule has 5 atom stereocenters. The zero-order valence-electron chi connectivity index (χ0n) is 17.4. The zero-order chi connectivity index (χ0) is 22.0. The van der Waals surface area contributed by atoms with Crippen LogP contribution in [0.2, 0.25) is 5.02 Å². The molecule has 2 aliphatic rings. The van der Waals surface area contributed by atoms with Crippen LogP contribution in [0.15, 0.2) is 54.6 Å². The summed E-state index contributed by atoms with van der Waals surface area (Å²) in [5.41, 5.74) is 1.44. The standard InChI is InChI=1S/C23H26ClNO6/c1-23(2)30-20-19(28-13-14-6-4-3-5-7-14)18(29-22(20)31-23)17(26)12-25-21(27)15-8-10-16(24)11-9-15/h3-11,17-20,22,26H,12-13H2,1-2H3,(H,25,27)/t17-,18-,19+,20-,22-/m1/s1. The summed E-state index contributed by atoms with van der Waals surface area (Å²) in [5.74, 6) is -1.12. The fourth-order valence-corrected chi connectivity index (χ4v) is 3.91. The molecule has 31 heavy (non-hydrogen) atoms. The van der Waals surface area contributed by atoms with Gasteiger partial charge in [-0.15, -0.1) is 0 Å². The molecule has 0 unspecified atom stereocenters. The number of hydrogen-bond donors (Lipinski definition) is 2. The van der Waals surface area contributed by atoms with Crippen LogP contribution in [-0.2, 0) is 25.6 Å². The van der Waals surface area contributed by atoms with Crippen LogP contribution in [0.25, 0.3) is 0 Å². The first-order chi connectivity index (χ1) is 14.8. The lowest BCUT2D eigenvalue weighted by Gasteiger charge is -2.28. The van der Waals surface area contributed by atoms with E-state index in [1.807, 2.05) is 30.3 Å². The molecule has 2 aliphatic heterocycles. The zero-order valence-corrected chi connectivity index (χ0v) is 18.1. The topological polar surface area (TPSA) is 86.2 Å². The Morgan fingerprint density at radius 3 is 2.58 bits per heavy atom. The van der Waals surface area contributed by atoms with Crippen LogP contribution in [0.5, 0.6) is 0 Å². The second-order valence-electron chi connectivity index (χ2n) is 8.11. The highest BCUT2D eigenvalue weighted by atomic mass is 35.5. The second-order valence-corrected chi connectivity index (χ2v) is 8.55. The van der Waals surface area contributed by atoms with Gasteiger partial charge in [-0.3, -0.25) is 4.79 Å². The molecule has 0 radical (unpaired) electrons. The van der Waals surface area contributed by atoms with Gasteiger partial charge in [0.15, 0.2) is 12.1 Å². The third kappa shape index (κ3) is 5.26. The first-order valence-corrected chi connectivity index (χ1v) is 10.6. The molecular weight excluding hydrogens is 422 g/mol. The molecule has 8 heteroatoms.